The van der Waals surface area contributed by atoms with Crippen molar-refractivity contribution in [2.75, 3.05) is 13.1 Å². The molecule has 0 unspecified atom stereocenters. The van der Waals surface area contributed by atoms with E-state index in [4.69, 9.17) is 0 Å². The van der Waals surface area contributed by atoms with E-state index in [0.717, 1.165) is 25.3 Å². The van der Waals surface area contributed by atoms with Crippen LogP contribution in [0.3, 0.4) is 0 Å². The van der Waals surface area contributed by atoms with Crippen molar-refractivity contribution < 1.29 is 4.79 Å². The van der Waals surface area contributed by atoms with Gasteiger partial charge in [0.05, 0.1) is 30.3 Å². The molecule has 122 valence electrons. The summed E-state index contributed by atoms with van der Waals surface area (Å²) in [5.41, 5.74) is 1.89. The maximum atomic E-state index is 12.1. The summed E-state index contributed by atoms with van der Waals surface area (Å²) in [6.45, 7) is 5.06. The zero-order chi connectivity index (χ0) is 16.1. The molecule has 1 amide bonds. The SMILES string of the molecule is Cc1cnc(CNC(=O)c2cn(C[C@@H]3CCCNC3)nn2)cn1. The fourth-order valence-corrected chi connectivity index (χ4v) is 2.61. The van der Waals surface area contributed by atoms with Crippen molar-refractivity contribution in [2.24, 2.45) is 5.92 Å². The van der Waals surface area contributed by atoms with Crippen LogP contribution in [0.15, 0.2) is 18.6 Å². The van der Waals surface area contributed by atoms with Crippen LogP contribution in [0.2, 0.25) is 0 Å². The summed E-state index contributed by atoms with van der Waals surface area (Å²) in [6.07, 6.45) is 7.40. The largest absolute Gasteiger partial charge is 0.345 e. The molecule has 3 rings (SSSR count). The van der Waals surface area contributed by atoms with Gasteiger partial charge in [-0.3, -0.25) is 19.4 Å². The fourth-order valence-electron chi connectivity index (χ4n) is 2.61. The third-order valence-electron chi connectivity index (χ3n) is 3.88. The first-order valence-electron chi connectivity index (χ1n) is 7.87. The van der Waals surface area contributed by atoms with Gasteiger partial charge in [-0.05, 0) is 38.8 Å². The lowest BCUT2D eigenvalue weighted by atomic mass is 10.00. The average Bonchev–Trinajstić information content (AvgIpc) is 3.03. The second-order valence-electron chi connectivity index (χ2n) is 5.87. The van der Waals surface area contributed by atoms with Gasteiger partial charge in [0.25, 0.3) is 5.91 Å². The number of amides is 1. The molecule has 0 bridgehead atoms. The Morgan fingerprint density at radius 3 is 3.09 bits per heavy atom. The van der Waals surface area contributed by atoms with Crippen molar-refractivity contribution in [2.45, 2.75) is 32.9 Å². The van der Waals surface area contributed by atoms with Gasteiger partial charge >= 0.3 is 0 Å². The Balaban J connectivity index is 1.52. The molecule has 1 atom stereocenters. The molecule has 0 radical (unpaired) electrons. The van der Waals surface area contributed by atoms with Gasteiger partial charge in [-0.1, -0.05) is 5.21 Å². The molecule has 2 aromatic heterocycles. The van der Waals surface area contributed by atoms with Crippen molar-refractivity contribution in [3.8, 4) is 0 Å². The quantitative estimate of drug-likeness (QED) is 0.824. The molecule has 0 aliphatic carbocycles. The minimum atomic E-state index is -0.250. The maximum Gasteiger partial charge on any atom is 0.273 e. The van der Waals surface area contributed by atoms with Crippen LogP contribution in [-0.4, -0.2) is 44.0 Å². The zero-order valence-electron chi connectivity index (χ0n) is 13.2. The van der Waals surface area contributed by atoms with Crippen LogP contribution in [0.4, 0.5) is 0 Å². The number of aromatic nitrogens is 5. The predicted molar refractivity (Wildman–Crippen MR) is 83.6 cm³/mol. The van der Waals surface area contributed by atoms with Crippen LogP contribution in [0.1, 0.15) is 34.7 Å². The first kappa shape index (κ1) is 15.5. The van der Waals surface area contributed by atoms with Crippen LogP contribution in [0.25, 0.3) is 0 Å². The predicted octanol–water partition coefficient (Wildman–Crippen LogP) is 0.306. The molecule has 8 nitrogen and oxygen atoms in total. The average molecular weight is 315 g/mol. The number of piperidine rings is 1. The molecule has 0 saturated carbocycles. The van der Waals surface area contributed by atoms with E-state index in [2.05, 4.69) is 30.9 Å². The molecule has 23 heavy (non-hydrogen) atoms. The Morgan fingerprint density at radius 2 is 2.35 bits per heavy atom. The smallest absolute Gasteiger partial charge is 0.273 e. The van der Waals surface area contributed by atoms with E-state index in [1.54, 1.807) is 23.3 Å². The van der Waals surface area contributed by atoms with Crippen molar-refractivity contribution in [3.05, 3.63) is 35.7 Å². The van der Waals surface area contributed by atoms with Crippen LogP contribution >= 0.6 is 0 Å². The molecule has 1 aliphatic rings. The second-order valence-corrected chi connectivity index (χ2v) is 5.87. The number of carbonyl (C=O) groups is 1. The highest BCUT2D eigenvalue weighted by atomic mass is 16.2. The summed E-state index contributed by atoms with van der Waals surface area (Å²) in [6, 6.07) is 0. The van der Waals surface area contributed by atoms with Gasteiger partial charge in [-0.15, -0.1) is 5.10 Å². The molecule has 3 heterocycles. The molecular weight excluding hydrogens is 294 g/mol. The van der Waals surface area contributed by atoms with E-state index in [0.29, 0.717) is 23.9 Å². The molecule has 1 saturated heterocycles. The fraction of sp³-hybridized carbons (Fsp3) is 0.533. The van der Waals surface area contributed by atoms with E-state index in [-0.39, 0.29) is 5.91 Å². The molecule has 1 fully saturated rings. The number of nitrogens with zero attached hydrogens (tertiary/aromatic N) is 5. The van der Waals surface area contributed by atoms with Gasteiger partial charge in [0.15, 0.2) is 5.69 Å². The first-order chi connectivity index (χ1) is 11.2. The third kappa shape index (κ3) is 4.32. The van der Waals surface area contributed by atoms with E-state index < -0.39 is 0 Å². The molecule has 1 aliphatic heterocycles. The minimum Gasteiger partial charge on any atom is -0.345 e. The number of carbonyl (C=O) groups excluding carboxylic acids is 1. The van der Waals surface area contributed by atoms with Gasteiger partial charge in [0.1, 0.15) is 0 Å². The van der Waals surface area contributed by atoms with E-state index >= 15 is 0 Å². The van der Waals surface area contributed by atoms with Gasteiger partial charge in [0.2, 0.25) is 0 Å². The molecule has 8 heteroatoms. The topological polar surface area (TPSA) is 97.6 Å². The van der Waals surface area contributed by atoms with E-state index in [1.165, 1.54) is 12.8 Å². The molecular formula is C15H21N7O. The number of nitrogens with one attached hydrogen (secondary N) is 2. The Kier molecular flexibility index (Phi) is 4.92. The maximum absolute atomic E-state index is 12.1. The van der Waals surface area contributed by atoms with E-state index in [1.807, 2.05) is 6.92 Å². The third-order valence-corrected chi connectivity index (χ3v) is 3.88. The lowest BCUT2D eigenvalue weighted by Crippen LogP contribution is -2.32. The Bertz CT molecular complexity index is 646. The number of hydrogen-bond acceptors (Lipinski definition) is 6. The molecule has 2 aromatic rings. The standard InChI is InChI=1S/C15H21N7O/c1-11-5-18-13(7-17-11)8-19-15(23)14-10-22(21-20-14)9-12-3-2-4-16-6-12/h5,7,10,12,16H,2-4,6,8-9H2,1H3,(H,19,23)/t12-/m1/s1. The summed E-state index contributed by atoms with van der Waals surface area (Å²) >= 11 is 0. The molecule has 0 spiro atoms. The first-order valence-corrected chi connectivity index (χ1v) is 7.87. The number of hydrogen-bond donors (Lipinski definition) is 2. The Labute approximate surface area is 134 Å². The summed E-state index contributed by atoms with van der Waals surface area (Å²) in [7, 11) is 0. The van der Waals surface area contributed by atoms with Crippen LogP contribution < -0.4 is 10.6 Å². The van der Waals surface area contributed by atoms with Crippen LogP contribution in [-0.2, 0) is 13.1 Å². The highest BCUT2D eigenvalue weighted by molar-refractivity contribution is 5.91. The van der Waals surface area contributed by atoms with Crippen molar-refractivity contribution >= 4 is 5.91 Å². The Hall–Kier alpha value is -2.35. The van der Waals surface area contributed by atoms with Crippen LogP contribution in [0.5, 0.6) is 0 Å². The van der Waals surface area contributed by atoms with Gasteiger partial charge in [0, 0.05) is 12.7 Å². The molecule has 2 N–H and O–H groups in total. The zero-order valence-corrected chi connectivity index (χ0v) is 13.2. The highest BCUT2D eigenvalue weighted by Crippen LogP contribution is 2.12. The monoisotopic (exact) mass is 315 g/mol. The van der Waals surface area contributed by atoms with Gasteiger partial charge < -0.3 is 10.6 Å². The summed E-state index contributed by atoms with van der Waals surface area (Å²) in [5, 5.41) is 14.2. The van der Waals surface area contributed by atoms with Gasteiger partial charge in [-0.2, -0.15) is 0 Å². The van der Waals surface area contributed by atoms with Crippen molar-refractivity contribution in [1.82, 2.24) is 35.6 Å². The normalized spacial score (nSPS) is 17.9. The van der Waals surface area contributed by atoms with Crippen molar-refractivity contribution in [3.63, 3.8) is 0 Å². The summed E-state index contributed by atoms with van der Waals surface area (Å²) in [4.78, 5) is 20.5. The highest BCUT2D eigenvalue weighted by Gasteiger charge is 2.16. The number of rotatable bonds is 5. The summed E-state index contributed by atoms with van der Waals surface area (Å²) < 4.78 is 1.75. The lowest BCUT2D eigenvalue weighted by Gasteiger charge is -2.22. The van der Waals surface area contributed by atoms with E-state index in [9.17, 15) is 4.79 Å². The van der Waals surface area contributed by atoms with Crippen LogP contribution in [0, 0.1) is 12.8 Å². The second kappa shape index (κ2) is 7.28. The minimum absolute atomic E-state index is 0.250. The molecule has 0 aromatic carbocycles. The van der Waals surface area contributed by atoms with Gasteiger partial charge in [-0.25, -0.2) is 0 Å². The van der Waals surface area contributed by atoms with Crippen molar-refractivity contribution in [1.29, 1.82) is 0 Å². The Morgan fingerprint density at radius 1 is 1.43 bits per heavy atom. The lowest BCUT2D eigenvalue weighted by molar-refractivity contribution is 0.0945. The summed E-state index contributed by atoms with van der Waals surface area (Å²) in [5.74, 6) is 0.296. The number of aryl methyl sites for hydroxylation is 1.